The summed E-state index contributed by atoms with van der Waals surface area (Å²) in [5.74, 6) is 0.392. The molecule has 3 aliphatic rings. The number of aryl methyl sites for hydroxylation is 3. The van der Waals surface area contributed by atoms with Crippen molar-refractivity contribution < 1.29 is 43.2 Å². The Bertz CT molecular complexity index is 2870. The van der Waals surface area contributed by atoms with Crippen LogP contribution in [-0.2, 0) is 39.9 Å². The second-order valence-corrected chi connectivity index (χ2v) is 22.9. The van der Waals surface area contributed by atoms with Crippen LogP contribution in [0, 0.1) is 33.1 Å². The molecule has 0 spiro atoms. The number of halogens is 1. The number of likely N-dealkylation sites (tertiary alicyclic amines) is 1. The van der Waals surface area contributed by atoms with Gasteiger partial charge in [-0.05, 0) is 88.4 Å². The van der Waals surface area contributed by atoms with Gasteiger partial charge in [-0.3, -0.25) is 28.7 Å². The monoisotopic (exact) mass is 1100 g/mol. The lowest BCUT2D eigenvalue weighted by Crippen LogP contribution is -2.58. The number of thiazole rings is 1. The van der Waals surface area contributed by atoms with E-state index >= 15 is 0 Å². The van der Waals surface area contributed by atoms with E-state index < -0.39 is 47.4 Å². The van der Waals surface area contributed by atoms with E-state index in [1.54, 1.807) is 22.7 Å². The number of ether oxygens (including phenoxy) is 4. The number of piperidine rings is 1. The van der Waals surface area contributed by atoms with E-state index in [0.717, 1.165) is 79.9 Å². The van der Waals surface area contributed by atoms with Gasteiger partial charge in [0.05, 0.1) is 67.4 Å². The predicted octanol–water partition coefficient (Wildman–Crippen LogP) is 5.73. The summed E-state index contributed by atoms with van der Waals surface area (Å²) >= 11 is 9.45. The zero-order valence-electron chi connectivity index (χ0n) is 44.2. The van der Waals surface area contributed by atoms with Crippen molar-refractivity contribution >= 4 is 63.6 Å². The molecular weight excluding hydrogens is 1030 g/mol. The van der Waals surface area contributed by atoms with Crippen molar-refractivity contribution in [3.8, 4) is 21.2 Å². The summed E-state index contributed by atoms with van der Waals surface area (Å²) in [6, 6.07) is 10.9. The molecule has 6 heterocycles. The molecule has 76 heavy (non-hydrogen) atoms. The van der Waals surface area contributed by atoms with Crippen LogP contribution in [0.15, 0.2) is 53.0 Å². The number of β-amino-alcohol motifs (C(OH)–C–C–N with tert-alkyl or cyclic N) is 1. The van der Waals surface area contributed by atoms with Crippen molar-refractivity contribution in [1.82, 2.24) is 45.9 Å². The average molecular weight is 1100 g/mol. The van der Waals surface area contributed by atoms with Crippen molar-refractivity contribution in [3.05, 3.63) is 97.5 Å². The molecule has 5 N–H and O–H groups in total. The van der Waals surface area contributed by atoms with Gasteiger partial charge < -0.3 is 50.2 Å². The highest BCUT2D eigenvalue weighted by molar-refractivity contribution is 7.15. The molecule has 0 saturated carbocycles. The molecule has 0 radical (unpaired) electrons. The molecule has 0 bridgehead atoms. The highest BCUT2D eigenvalue weighted by Gasteiger charge is 2.44. The fourth-order valence-corrected chi connectivity index (χ4v) is 11.6. The van der Waals surface area contributed by atoms with Gasteiger partial charge in [-0.25, -0.2) is 4.98 Å². The Balaban J connectivity index is 0.749. The van der Waals surface area contributed by atoms with Crippen molar-refractivity contribution in [3.63, 3.8) is 0 Å². The van der Waals surface area contributed by atoms with E-state index in [1.165, 1.54) is 4.90 Å². The Labute approximate surface area is 456 Å². The number of carbonyl (C=O) groups is 4. The van der Waals surface area contributed by atoms with E-state index in [1.807, 2.05) is 87.2 Å². The number of carbonyl (C=O) groups excluding carboxylic acids is 4. The molecule has 3 aromatic heterocycles. The van der Waals surface area contributed by atoms with Gasteiger partial charge in [-0.15, -0.1) is 32.9 Å². The van der Waals surface area contributed by atoms with Crippen LogP contribution in [-0.4, -0.2) is 149 Å². The van der Waals surface area contributed by atoms with Gasteiger partial charge in [0.2, 0.25) is 23.6 Å². The highest BCUT2D eigenvalue weighted by atomic mass is 35.5. The third-order valence-corrected chi connectivity index (χ3v) is 16.1. The summed E-state index contributed by atoms with van der Waals surface area (Å²) in [7, 11) is 0. The fourth-order valence-electron chi connectivity index (χ4n) is 9.49. The second-order valence-electron chi connectivity index (χ2n) is 20.4. The third-order valence-electron chi connectivity index (χ3n) is 13.7. The topological polar surface area (TPSA) is 233 Å². The minimum Gasteiger partial charge on any atom is -0.490 e. The Hall–Kier alpha value is -5.65. The number of nitrogens with zero attached hydrogens (tertiary/aromatic N) is 6. The zero-order valence-corrected chi connectivity index (χ0v) is 46.6. The Morgan fingerprint density at radius 3 is 2.33 bits per heavy atom. The van der Waals surface area contributed by atoms with Crippen LogP contribution in [0.25, 0.3) is 15.4 Å². The normalized spacial score (nSPS) is 18.1. The van der Waals surface area contributed by atoms with Crippen molar-refractivity contribution in [2.45, 2.75) is 111 Å². The van der Waals surface area contributed by atoms with Crippen LogP contribution < -0.4 is 26.0 Å². The number of hydrogen-bond donors (Lipinski definition) is 5. The summed E-state index contributed by atoms with van der Waals surface area (Å²) in [6.45, 7) is 16.4. The number of hydrogen-bond acceptors (Lipinski definition) is 16. The van der Waals surface area contributed by atoms with Crippen LogP contribution in [0.5, 0.6) is 5.75 Å². The van der Waals surface area contributed by atoms with Crippen LogP contribution >= 0.6 is 34.3 Å². The summed E-state index contributed by atoms with van der Waals surface area (Å²) in [5, 5.41) is 33.3. The van der Waals surface area contributed by atoms with Gasteiger partial charge in [-0.1, -0.05) is 56.6 Å². The molecule has 408 valence electrons. The Morgan fingerprint density at radius 2 is 1.62 bits per heavy atom. The van der Waals surface area contributed by atoms with Crippen LogP contribution in [0.4, 0.5) is 0 Å². The molecule has 0 aliphatic carbocycles. The van der Waals surface area contributed by atoms with E-state index in [0.29, 0.717) is 22.4 Å². The molecule has 8 rings (SSSR count). The first-order valence-electron chi connectivity index (χ1n) is 25.8. The number of aliphatic hydroxyl groups excluding tert-OH is 1. The third kappa shape index (κ3) is 13.9. The molecule has 2 aromatic carbocycles. The van der Waals surface area contributed by atoms with Crippen LogP contribution in [0.1, 0.15) is 97.0 Å². The van der Waals surface area contributed by atoms with E-state index in [2.05, 4.69) is 50.3 Å². The molecule has 4 amide bonds. The van der Waals surface area contributed by atoms with E-state index in [-0.39, 0.29) is 84.1 Å². The molecule has 2 saturated heterocycles. The zero-order chi connectivity index (χ0) is 54.1. The lowest BCUT2D eigenvalue weighted by Gasteiger charge is -2.35. The maximum absolute atomic E-state index is 14.2. The molecule has 4 unspecified atom stereocenters. The molecule has 4 atom stereocenters. The number of aromatic nitrogens is 4. The molecule has 22 heteroatoms. The number of thiophene rings is 1. The first kappa shape index (κ1) is 56.6. The van der Waals surface area contributed by atoms with E-state index in [4.69, 9.17) is 35.5 Å². The Kier molecular flexibility index (Phi) is 19.1. The highest BCUT2D eigenvalue weighted by Crippen LogP contribution is 2.40. The summed E-state index contributed by atoms with van der Waals surface area (Å²) in [4.78, 5) is 67.8. The molecule has 5 aromatic rings. The number of aliphatic hydroxyl groups is 1. The molecular formula is C54H69ClN10O9S2. The maximum atomic E-state index is 14.2. The van der Waals surface area contributed by atoms with Crippen molar-refractivity contribution in [1.29, 1.82) is 0 Å². The quantitative estimate of drug-likeness (QED) is 0.0523. The summed E-state index contributed by atoms with van der Waals surface area (Å²) in [6.07, 6.45) is 0.948. The van der Waals surface area contributed by atoms with Gasteiger partial charge in [0.15, 0.2) is 5.82 Å². The lowest BCUT2D eigenvalue weighted by atomic mass is 9.85. The van der Waals surface area contributed by atoms with E-state index in [9.17, 15) is 24.3 Å². The molecule has 3 aliphatic heterocycles. The molecule has 19 nitrogen and oxygen atoms in total. The largest absolute Gasteiger partial charge is 0.490 e. The van der Waals surface area contributed by atoms with Gasteiger partial charge in [0.1, 0.15) is 47.4 Å². The van der Waals surface area contributed by atoms with Gasteiger partial charge in [0, 0.05) is 52.6 Å². The van der Waals surface area contributed by atoms with Gasteiger partial charge in [-0.2, -0.15) is 0 Å². The second kappa shape index (κ2) is 25.7. The number of nitrogens with one attached hydrogen (secondary N) is 4. The minimum atomic E-state index is -1.01. The first-order valence-corrected chi connectivity index (χ1v) is 27.9. The Morgan fingerprint density at radius 1 is 0.908 bits per heavy atom. The smallest absolute Gasteiger partial charge is 0.246 e. The predicted molar refractivity (Wildman–Crippen MR) is 292 cm³/mol. The summed E-state index contributed by atoms with van der Waals surface area (Å²) in [5.41, 5.74) is 7.55. The van der Waals surface area contributed by atoms with Crippen LogP contribution in [0.2, 0.25) is 5.02 Å². The van der Waals surface area contributed by atoms with Crippen molar-refractivity contribution in [2.75, 3.05) is 65.8 Å². The number of amides is 4. The number of rotatable bonds is 22. The van der Waals surface area contributed by atoms with Gasteiger partial charge >= 0.3 is 0 Å². The fraction of sp³-hybridized carbons (Fsp3) is 0.519. The first-order chi connectivity index (χ1) is 36.5. The van der Waals surface area contributed by atoms with Crippen LogP contribution in [0.3, 0.4) is 0 Å². The molecule has 2 fully saturated rings. The average Bonchev–Trinajstić information content (AvgIpc) is 4.19. The minimum absolute atomic E-state index is 0.0282. The summed E-state index contributed by atoms with van der Waals surface area (Å²) < 4.78 is 25.5. The maximum Gasteiger partial charge on any atom is 0.246 e. The lowest BCUT2D eigenvalue weighted by molar-refractivity contribution is -0.144. The number of fused-ring (bicyclic) bond motifs is 3. The van der Waals surface area contributed by atoms with Crippen molar-refractivity contribution in [2.24, 2.45) is 10.4 Å². The number of benzene rings is 2. The SMILES string of the molecule is Cc1ncsc1-c1ccc(CNC(=O)C2CC(O)CN2C(=O)C(NC(=O)COCCOCCOCCNC(=O)CC2N=C(c3ccc(Cl)cc3)c3c(sc(C)c3C)-n3c(C)nnc32)C(C)(C)C)c(OC2CCNCC2)c1. The standard InChI is InChI=1S/C54H69ClN10O9S2/c1-31-33(3)76-53-46(31)47(35-10-12-38(55)13-11-35)60-41(50-63-62-34(4)65(50)53)26-44(67)57-18-19-71-20-21-72-22-23-73-29-45(68)61-49(54(5,6)7)52(70)64-28-39(66)25-42(64)51(69)58-27-37-9-8-36(48-32(2)59-30-75-48)24-43(37)74-40-14-16-56-17-15-40/h8-13,24,30,39-42,49,56,66H,14-23,25-29H2,1-7H3,(H,57,67)(H,58,69)(H,61,68). The van der Waals surface area contributed by atoms with Gasteiger partial charge in [0.25, 0.3) is 0 Å². The number of aliphatic imine (C=N–C) groups is 1.